The number of nitrogens with zero attached hydrogens (tertiary/aromatic N) is 1. The molecule has 1 aliphatic heterocycles. The van der Waals surface area contributed by atoms with E-state index in [1.165, 1.54) is 4.31 Å². The predicted octanol–water partition coefficient (Wildman–Crippen LogP) is 2.57. The summed E-state index contributed by atoms with van der Waals surface area (Å²) in [7, 11) is -0.0889. The van der Waals surface area contributed by atoms with Crippen molar-refractivity contribution in [1.29, 1.82) is 0 Å². The number of hydrogen-bond acceptors (Lipinski definition) is 3. The Hall–Kier alpha value is 0.377. The molecule has 1 rings (SSSR count). The van der Waals surface area contributed by atoms with Gasteiger partial charge in [-0.05, 0) is 24.6 Å². The van der Waals surface area contributed by atoms with Gasteiger partial charge in [0.15, 0.2) is 8.32 Å². The molecular formula is C10H22ClNO3SSi. The second-order valence-electron chi connectivity index (χ2n) is 6.09. The maximum Gasteiger partial charge on any atom is 0.299 e. The van der Waals surface area contributed by atoms with Crippen molar-refractivity contribution in [3.05, 3.63) is 0 Å². The summed E-state index contributed by atoms with van der Waals surface area (Å²) in [4.78, 5) is 0. The van der Waals surface area contributed by atoms with Crippen LogP contribution >= 0.6 is 10.7 Å². The van der Waals surface area contributed by atoms with E-state index in [1.807, 2.05) is 0 Å². The number of hydrogen-bond donors (Lipinski definition) is 0. The lowest BCUT2D eigenvalue weighted by molar-refractivity contribution is 0.194. The minimum Gasteiger partial charge on any atom is -0.413 e. The van der Waals surface area contributed by atoms with E-state index in [-0.39, 0.29) is 11.1 Å². The van der Waals surface area contributed by atoms with Crippen molar-refractivity contribution in [1.82, 2.24) is 4.31 Å². The minimum atomic E-state index is -3.59. The maximum atomic E-state index is 11.2. The molecule has 1 aliphatic rings. The van der Waals surface area contributed by atoms with Gasteiger partial charge in [-0.1, -0.05) is 20.8 Å². The first-order valence-electron chi connectivity index (χ1n) is 5.81. The van der Waals surface area contributed by atoms with Gasteiger partial charge in [-0.15, -0.1) is 0 Å². The van der Waals surface area contributed by atoms with E-state index in [2.05, 4.69) is 33.9 Å². The van der Waals surface area contributed by atoms with E-state index < -0.39 is 17.6 Å². The van der Waals surface area contributed by atoms with E-state index in [0.29, 0.717) is 13.1 Å². The Labute approximate surface area is 110 Å². The molecule has 1 saturated heterocycles. The summed E-state index contributed by atoms with van der Waals surface area (Å²) in [5, 5.41) is 0.139. The molecule has 1 heterocycles. The highest BCUT2D eigenvalue weighted by molar-refractivity contribution is 8.11. The molecule has 0 N–H and O–H groups in total. The molecule has 0 spiro atoms. The van der Waals surface area contributed by atoms with Gasteiger partial charge in [-0.2, -0.15) is 12.7 Å². The topological polar surface area (TPSA) is 46.6 Å². The zero-order valence-corrected chi connectivity index (χ0v) is 13.7. The molecule has 0 aromatic rings. The fraction of sp³-hybridized carbons (Fsp3) is 1.00. The average Bonchev–Trinajstić information content (AvgIpc) is 2.48. The van der Waals surface area contributed by atoms with E-state index in [1.54, 1.807) is 0 Å². The van der Waals surface area contributed by atoms with E-state index >= 15 is 0 Å². The maximum absolute atomic E-state index is 11.2. The van der Waals surface area contributed by atoms with Crippen LogP contribution in [0.25, 0.3) is 0 Å². The van der Waals surface area contributed by atoms with Crippen LogP contribution in [0.5, 0.6) is 0 Å². The van der Waals surface area contributed by atoms with Crippen molar-refractivity contribution in [3.63, 3.8) is 0 Å². The molecule has 0 radical (unpaired) electrons. The van der Waals surface area contributed by atoms with Gasteiger partial charge in [0.05, 0.1) is 6.10 Å². The summed E-state index contributed by atoms with van der Waals surface area (Å²) < 4.78 is 29.8. The van der Waals surface area contributed by atoms with E-state index in [9.17, 15) is 8.42 Å². The first-order chi connectivity index (χ1) is 7.43. The highest BCUT2D eigenvalue weighted by Gasteiger charge is 2.41. The predicted molar refractivity (Wildman–Crippen MR) is 73.0 cm³/mol. The van der Waals surface area contributed by atoms with E-state index in [0.717, 1.165) is 6.42 Å². The van der Waals surface area contributed by atoms with Gasteiger partial charge >= 0.3 is 0 Å². The Morgan fingerprint density at radius 2 is 1.88 bits per heavy atom. The average molecular weight is 300 g/mol. The molecule has 1 fully saturated rings. The molecular weight excluding hydrogens is 278 g/mol. The van der Waals surface area contributed by atoms with Crippen LogP contribution in [0, 0.1) is 0 Å². The molecule has 0 aliphatic carbocycles. The second kappa shape index (κ2) is 4.81. The van der Waals surface area contributed by atoms with Crippen LogP contribution in [0.2, 0.25) is 18.1 Å². The largest absolute Gasteiger partial charge is 0.413 e. The van der Waals surface area contributed by atoms with Crippen molar-refractivity contribution in [2.45, 2.75) is 51.4 Å². The Kier molecular flexibility index (Phi) is 4.37. The summed E-state index contributed by atoms with van der Waals surface area (Å²) in [6.45, 7) is 11.7. The van der Waals surface area contributed by atoms with Gasteiger partial charge in [-0.3, -0.25) is 0 Å². The van der Waals surface area contributed by atoms with Crippen molar-refractivity contribution < 1.29 is 12.8 Å². The van der Waals surface area contributed by atoms with Gasteiger partial charge in [0, 0.05) is 23.8 Å². The lowest BCUT2D eigenvalue weighted by Crippen LogP contribution is -2.44. The van der Waals surface area contributed by atoms with Crippen molar-refractivity contribution >= 4 is 28.2 Å². The molecule has 0 saturated carbocycles. The molecule has 102 valence electrons. The third-order valence-electron chi connectivity index (χ3n) is 3.68. The second-order valence-corrected chi connectivity index (χ2v) is 13.4. The molecule has 0 amide bonds. The van der Waals surface area contributed by atoms with Gasteiger partial charge < -0.3 is 4.43 Å². The lowest BCUT2D eigenvalue weighted by Gasteiger charge is -2.38. The van der Waals surface area contributed by atoms with Gasteiger partial charge in [0.1, 0.15) is 0 Å². The molecule has 17 heavy (non-hydrogen) atoms. The van der Waals surface area contributed by atoms with Crippen molar-refractivity contribution in [2.75, 3.05) is 13.1 Å². The molecule has 4 nitrogen and oxygen atoms in total. The van der Waals surface area contributed by atoms with Crippen molar-refractivity contribution in [3.8, 4) is 0 Å². The molecule has 0 aromatic carbocycles. The fourth-order valence-corrected chi connectivity index (χ4v) is 4.01. The smallest absolute Gasteiger partial charge is 0.299 e. The minimum absolute atomic E-state index is 0.00980. The summed E-state index contributed by atoms with van der Waals surface area (Å²) in [6, 6.07) is 0. The number of rotatable bonds is 3. The highest BCUT2D eigenvalue weighted by Crippen LogP contribution is 2.38. The van der Waals surface area contributed by atoms with Crippen molar-refractivity contribution in [2.24, 2.45) is 0 Å². The quantitative estimate of drug-likeness (QED) is 0.594. The summed E-state index contributed by atoms with van der Waals surface area (Å²) in [5.74, 6) is 0. The summed E-state index contributed by atoms with van der Waals surface area (Å²) in [6.07, 6.45) is 0.725. The fourth-order valence-electron chi connectivity index (χ4n) is 1.59. The molecule has 0 aromatic heterocycles. The van der Waals surface area contributed by atoms with Crippen LogP contribution in [0.1, 0.15) is 27.2 Å². The first-order valence-corrected chi connectivity index (χ1v) is 11.0. The number of halogens is 1. The van der Waals surface area contributed by atoms with Crippen LogP contribution < -0.4 is 0 Å². The Morgan fingerprint density at radius 3 is 2.24 bits per heavy atom. The normalized spacial score (nSPS) is 24.2. The van der Waals surface area contributed by atoms with Crippen LogP contribution in [0.15, 0.2) is 0 Å². The summed E-state index contributed by atoms with van der Waals surface area (Å²) >= 11 is 0. The molecule has 7 heteroatoms. The van der Waals surface area contributed by atoms with Gasteiger partial charge in [-0.25, -0.2) is 0 Å². The molecule has 0 unspecified atom stereocenters. The Balaban J connectivity index is 2.63. The third-order valence-corrected chi connectivity index (χ3v) is 9.75. The molecule has 1 atom stereocenters. The monoisotopic (exact) mass is 299 g/mol. The zero-order chi connectivity index (χ0) is 13.5. The van der Waals surface area contributed by atoms with Crippen LogP contribution in [0.3, 0.4) is 0 Å². The highest BCUT2D eigenvalue weighted by atomic mass is 35.7. The SMILES string of the molecule is CC(C)(C)[Si](C)(C)O[C@H]1CCN(S(=O)(=O)Cl)C1. The Morgan fingerprint density at radius 1 is 1.35 bits per heavy atom. The Bertz CT molecular complexity index is 378. The zero-order valence-electron chi connectivity index (χ0n) is 11.2. The standard InChI is InChI=1S/C10H22ClNO3SSi/c1-10(2,3)17(4,5)15-9-6-7-12(8-9)16(11,13)14/h9H,6-8H2,1-5H3/t9-/m0/s1. The lowest BCUT2D eigenvalue weighted by atomic mass is 10.2. The van der Waals surface area contributed by atoms with Gasteiger partial charge in [0.25, 0.3) is 9.24 Å². The first kappa shape index (κ1) is 15.4. The summed E-state index contributed by atoms with van der Waals surface area (Å²) in [5.41, 5.74) is 0. The third kappa shape index (κ3) is 3.92. The molecule has 0 bridgehead atoms. The van der Waals surface area contributed by atoms with E-state index in [4.69, 9.17) is 15.1 Å². The van der Waals surface area contributed by atoms with Crippen LogP contribution in [-0.2, 0) is 13.7 Å². The van der Waals surface area contributed by atoms with Gasteiger partial charge in [0.2, 0.25) is 0 Å². The van der Waals surface area contributed by atoms with Crippen LogP contribution in [0.4, 0.5) is 0 Å². The van der Waals surface area contributed by atoms with Crippen LogP contribution in [-0.4, -0.2) is 40.2 Å².